The molecule has 0 spiro atoms. The van der Waals surface area contributed by atoms with Crippen molar-refractivity contribution in [1.82, 2.24) is 10.2 Å². The highest BCUT2D eigenvalue weighted by molar-refractivity contribution is 6.35. The third kappa shape index (κ3) is 3.58. The second-order valence-corrected chi connectivity index (χ2v) is 7.09. The fourth-order valence-corrected chi connectivity index (χ4v) is 3.52. The van der Waals surface area contributed by atoms with Crippen LogP contribution in [0.1, 0.15) is 32.3 Å². The number of amidine groups is 1. The zero-order valence-electron chi connectivity index (χ0n) is 15.9. The van der Waals surface area contributed by atoms with Gasteiger partial charge in [0.2, 0.25) is 0 Å². The van der Waals surface area contributed by atoms with Gasteiger partial charge < -0.3 is 10.1 Å². The predicted molar refractivity (Wildman–Crippen MR) is 110 cm³/mol. The molecule has 0 saturated carbocycles. The molecule has 0 unspecified atom stereocenters. The van der Waals surface area contributed by atoms with E-state index >= 15 is 0 Å². The lowest BCUT2D eigenvalue weighted by atomic mass is 10.1. The highest BCUT2D eigenvalue weighted by atomic mass is 35.5. The molecule has 150 valence electrons. The zero-order valence-corrected chi connectivity index (χ0v) is 16.6. The number of benzene rings is 2. The van der Waals surface area contributed by atoms with Crippen LogP contribution in [0, 0.1) is 11.6 Å². The molecule has 2 N–H and O–H groups in total. The molecular weight excluding hydrogens is 398 g/mol. The number of ether oxygens (including phenoxy) is 1. The zero-order chi connectivity index (χ0) is 20.5. The topological polar surface area (TPSA) is 62.3 Å². The third-order valence-electron chi connectivity index (χ3n) is 4.84. The first-order chi connectivity index (χ1) is 14.0. The van der Waals surface area contributed by atoms with Crippen LogP contribution in [0.5, 0.6) is 5.75 Å². The first-order valence-electron chi connectivity index (χ1n) is 9.36. The van der Waals surface area contributed by atoms with E-state index in [0.717, 1.165) is 12.8 Å². The Labute approximate surface area is 171 Å². The first-order valence-corrected chi connectivity index (χ1v) is 9.74. The second kappa shape index (κ2) is 7.83. The van der Waals surface area contributed by atoms with E-state index in [-0.39, 0.29) is 28.3 Å². The molecule has 1 aliphatic heterocycles. The van der Waals surface area contributed by atoms with Crippen molar-refractivity contribution >= 4 is 28.8 Å². The Balaban J connectivity index is 1.86. The minimum absolute atomic E-state index is 0.108. The third-order valence-corrected chi connectivity index (χ3v) is 5.15. The number of aliphatic imine (C=N–C) groups is 1. The molecule has 8 heteroatoms. The first kappa shape index (κ1) is 19.4. The Morgan fingerprint density at radius 2 is 1.93 bits per heavy atom. The summed E-state index contributed by atoms with van der Waals surface area (Å²) in [5.41, 5.74) is 2.00. The van der Waals surface area contributed by atoms with Crippen molar-refractivity contribution in [3.05, 3.63) is 58.7 Å². The molecule has 3 aromatic rings. The molecule has 2 heterocycles. The molecule has 0 atom stereocenters. The number of hydrogen-bond donors (Lipinski definition) is 2. The van der Waals surface area contributed by atoms with Crippen LogP contribution in [-0.4, -0.2) is 22.1 Å². The highest BCUT2D eigenvalue weighted by Crippen LogP contribution is 2.40. The van der Waals surface area contributed by atoms with Gasteiger partial charge in [0.15, 0.2) is 11.6 Å². The average molecular weight is 417 g/mol. The fraction of sp³-hybridized carbons (Fsp3) is 0.238. The van der Waals surface area contributed by atoms with E-state index in [0.29, 0.717) is 22.6 Å². The van der Waals surface area contributed by atoms with Gasteiger partial charge in [0.1, 0.15) is 23.0 Å². The molecule has 0 saturated heterocycles. The maximum absolute atomic E-state index is 14.8. The van der Waals surface area contributed by atoms with Crippen LogP contribution >= 0.6 is 11.6 Å². The maximum atomic E-state index is 14.8. The number of anilines is 1. The molecule has 1 aliphatic rings. The summed E-state index contributed by atoms with van der Waals surface area (Å²) in [6.07, 6.45) is 2.96. The van der Waals surface area contributed by atoms with Crippen LogP contribution in [0.2, 0.25) is 5.02 Å². The van der Waals surface area contributed by atoms with Gasteiger partial charge in [0.05, 0.1) is 22.4 Å². The molecule has 29 heavy (non-hydrogen) atoms. The highest BCUT2D eigenvalue weighted by Gasteiger charge is 2.25. The molecule has 0 radical (unpaired) electrons. The second-order valence-electron chi connectivity index (χ2n) is 6.69. The number of hydrogen-bond acceptors (Lipinski definition) is 4. The number of aromatic nitrogens is 2. The van der Waals surface area contributed by atoms with Crippen molar-refractivity contribution in [2.45, 2.75) is 32.8 Å². The summed E-state index contributed by atoms with van der Waals surface area (Å²) in [7, 11) is 0. The number of halogens is 3. The molecular formula is C21H19ClF2N4O. The van der Waals surface area contributed by atoms with Crippen LogP contribution in [0.15, 0.2) is 41.5 Å². The number of nitrogens with one attached hydrogen (secondary N) is 2. The monoisotopic (exact) mass is 416 g/mol. The summed E-state index contributed by atoms with van der Waals surface area (Å²) in [5.74, 6) is -0.704. The van der Waals surface area contributed by atoms with Crippen LogP contribution in [-0.2, 0) is 0 Å². The van der Waals surface area contributed by atoms with Crippen LogP contribution < -0.4 is 10.1 Å². The van der Waals surface area contributed by atoms with E-state index in [4.69, 9.17) is 16.3 Å². The standard InChI is InChI=1S/C21H19ClF2N4O/c1-3-11(4-2)29-18-9-16-12(8-15(18)24)20-17(10-25-28-20)27-21(26-16)19-13(22)6-5-7-14(19)23/h5-11H,3-4H2,1-2H3,(H,25,28)(H,26,27). The largest absolute Gasteiger partial charge is 0.487 e. The molecule has 0 fully saturated rings. The Kier molecular flexibility index (Phi) is 5.24. The average Bonchev–Trinajstić information content (AvgIpc) is 3.10. The van der Waals surface area contributed by atoms with Gasteiger partial charge in [-0.2, -0.15) is 5.10 Å². The Morgan fingerprint density at radius 1 is 1.14 bits per heavy atom. The Bertz CT molecular complexity index is 1070. The van der Waals surface area contributed by atoms with E-state index < -0.39 is 11.6 Å². The van der Waals surface area contributed by atoms with Gasteiger partial charge in [-0.3, -0.25) is 5.10 Å². The van der Waals surface area contributed by atoms with Gasteiger partial charge in [0.25, 0.3) is 0 Å². The van der Waals surface area contributed by atoms with Crippen molar-refractivity contribution in [3.63, 3.8) is 0 Å². The summed E-state index contributed by atoms with van der Waals surface area (Å²) in [5, 5.41) is 10.2. The molecule has 2 aromatic carbocycles. The number of fused-ring (bicyclic) bond motifs is 3. The van der Waals surface area contributed by atoms with Crippen molar-refractivity contribution in [2.75, 3.05) is 5.32 Å². The normalized spacial score (nSPS) is 12.7. The predicted octanol–water partition coefficient (Wildman–Crippen LogP) is 6.08. The Hall–Kier alpha value is -2.93. The number of nitrogens with zero attached hydrogens (tertiary/aromatic N) is 2. The summed E-state index contributed by atoms with van der Waals surface area (Å²) >= 11 is 6.24. The van der Waals surface area contributed by atoms with Crippen molar-refractivity contribution < 1.29 is 13.5 Å². The van der Waals surface area contributed by atoms with Gasteiger partial charge in [-0.05, 0) is 31.0 Å². The minimum atomic E-state index is -0.520. The number of aromatic amines is 1. The van der Waals surface area contributed by atoms with Crippen molar-refractivity contribution in [1.29, 1.82) is 0 Å². The van der Waals surface area contributed by atoms with E-state index in [1.54, 1.807) is 18.3 Å². The molecule has 1 aromatic heterocycles. The van der Waals surface area contributed by atoms with Gasteiger partial charge in [-0.25, -0.2) is 13.8 Å². The van der Waals surface area contributed by atoms with Gasteiger partial charge in [-0.15, -0.1) is 0 Å². The lowest BCUT2D eigenvalue weighted by molar-refractivity contribution is 0.184. The summed E-state index contributed by atoms with van der Waals surface area (Å²) < 4.78 is 35.1. The van der Waals surface area contributed by atoms with E-state index in [1.165, 1.54) is 18.2 Å². The summed E-state index contributed by atoms with van der Waals surface area (Å²) in [6, 6.07) is 7.31. The van der Waals surface area contributed by atoms with Crippen molar-refractivity contribution in [3.8, 4) is 17.0 Å². The Morgan fingerprint density at radius 3 is 2.66 bits per heavy atom. The van der Waals surface area contributed by atoms with Gasteiger partial charge in [0, 0.05) is 17.8 Å². The molecule has 0 aliphatic carbocycles. The summed E-state index contributed by atoms with van der Waals surface area (Å²) in [6.45, 7) is 3.96. The van der Waals surface area contributed by atoms with Crippen LogP contribution in [0.25, 0.3) is 11.3 Å². The van der Waals surface area contributed by atoms with E-state index in [9.17, 15) is 8.78 Å². The molecule has 5 nitrogen and oxygen atoms in total. The van der Waals surface area contributed by atoms with Gasteiger partial charge >= 0.3 is 0 Å². The quantitative estimate of drug-likeness (QED) is 0.529. The fourth-order valence-electron chi connectivity index (χ4n) is 3.26. The van der Waals surface area contributed by atoms with E-state index in [1.807, 2.05) is 13.8 Å². The van der Waals surface area contributed by atoms with Crippen molar-refractivity contribution in [2.24, 2.45) is 4.99 Å². The lowest BCUT2D eigenvalue weighted by Gasteiger charge is -2.19. The minimum Gasteiger partial charge on any atom is -0.487 e. The SMILES string of the molecule is CCC(CC)Oc1cc2c(cc1F)-c1n[nH]cc1N=C(c1c(F)cccc1Cl)N2. The summed E-state index contributed by atoms with van der Waals surface area (Å²) in [4.78, 5) is 4.48. The smallest absolute Gasteiger partial charge is 0.165 e. The van der Waals surface area contributed by atoms with E-state index in [2.05, 4.69) is 20.5 Å². The molecule has 4 rings (SSSR count). The number of H-pyrrole nitrogens is 1. The lowest BCUT2D eigenvalue weighted by Crippen LogP contribution is -2.17. The van der Waals surface area contributed by atoms with Crippen LogP contribution in [0.3, 0.4) is 0 Å². The maximum Gasteiger partial charge on any atom is 0.165 e. The number of rotatable bonds is 5. The van der Waals surface area contributed by atoms with Crippen LogP contribution in [0.4, 0.5) is 20.2 Å². The van der Waals surface area contributed by atoms with Gasteiger partial charge in [-0.1, -0.05) is 31.5 Å². The molecule has 0 amide bonds. The molecule has 0 bridgehead atoms.